The number of carbonyl (C=O) groups is 4. The maximum absolute atomic E-state index is 12.2. The predicted octanol–water partition coefficient (Wildman–Crippen LogP) is -1.35. The summed E-state index contributed by atoms with van der Waals surface area (Å²) in [6, 6.07) is -3.24. The number of carboxylic acid groups (broad SMARTS) is 1. The molecule has 0 spiro atoms. The van der Waals surface area contributed by atoms with Gasteiger partial charge >= 0.3 is 5.97 Å². The van der Waals surface area contributed by atoms with Crippen molar-refractivity contribution >= 4 is 35.5 Å². The highest BCUT2D eigenvalue weighted by atomic mass is 32.2. The van der Waals surface area contributed by atoms with E-state index in [0.717, 1.165) is 0 Å². The fourth-order valence-corrected chi connectivity index (χ4v) is 2.22. The van der Waals surface area contributed by atoms with Gasteiger partial charge in [-0.3, -0.25) is 14.4 Å². The molecule has 0 aliphatic carbocycles. The maximum atomic E-state index is 12.2. The molecule has 0 heterocycles. The van der Waals surface area contributed by atoms with Crippen molar-refractivity contribution in [1.82, 2.24) is 10.6 Å². The van der Waals surface area contributed by atoms with Gasteiger partial charge in [0.2, 0.25) is 17.7 Å². The largest absolute Gasteiger partial charge is 0.480 e. The van der Waals surface area contributed by atoms with Gasteiger partial charge in [-0.1, -0.05) is 13.8 Å². The van der Waals surface area contributed by atoms with E-state index in [0.29, 0.717) is 5.75 Å². The molecule has 7 N–H and O–H groups in total. The highest BCUT2D eigenvalue weighted by Crippen LogP contribution is 2.04. The Morgan fingerprint density at radius 1 is 1.08 bits per heavy atom. The molecule has 0 unspecified atom stereocenters. The Morgan fingerprint density at radius 2 is 1.62 bits per heavy atom. The third-order valence-electron chi connectivity index (χ3n) is 3.28. The summed E-state index contributed by atoms with van der Waals surface area (Å²) in [6.45, 7) is 3.46. The van der Waals surface area contributed by atoms with Gasteiger partial charge < -0.3 is 27.2 Å². The molecule has 3 amide bonds. The molecule has 138 valence electrons. The van der Waals surface area contributed by atoms with E-state index in [1.807, 2.05) is 6.26 Å². The second-order valence-electron chi connectivity index (χ2n) is 5.68. The zero-order valence-corrected chi connectivity index (χ0v) is 14.9. The first kappa shape index (κ1) is 22.2. The normalized spacial score (nSPS) is 14.5. The number of thioether (sulfide) groups is 1. The van der Waals surface area contributed by atoms with Gasteiger partial charge in [-0.05, 0) is 24.3 Å². The number of nitrogens with one attached hydrogen (secondary N) is 2. The average Bonchev–Trinajstić information content (AvgIpc) is 2.48. The van der Waals surface area contributed by atoms with Crippen LogP contribution >= 0.6 is 11.8 Å². The number of aliphatic carboxylic acids is 1. The first-order chi connectivity index (χ1) is 11.1. The van der Waals surface area contributed by atoms with Crippen LogP contribution in [0, 0.1) is 5.92 Å². The lowest BCUT2D eigenvalue weighted by molar-refractivity contribution is -0.142. The second kappa shape index (κ2) is 10.9. The van der Waals surface area contributed by atoms with E-state index in [1.54, 1.807) is 13.8 Å². The lowest BCUT2D eigenvalue weighted by atomic mass is 10.0. The fraction of sp³-hybridized carbons (Fsp3) is 0.714. The molecule has 24 heavy (non-hydrogen) atoms. The standard InChI is InChI=1S/C14H26N4O5S/c1-7(2)11(16)13(21)18-9(6-10(15)19)12(20)17-8(14(22)23)4-5-24-3/h7-9,11H,4-6,16H2,1-3H3,(H2,15,19)(H,17,20)(H,18,21)(H,22,23)/t8-,9-,11-/m0/s1. The molecule has 0 radical (unpaired) electrons. The van der Waals surface area contributed by atoms with E-state index in [4.69, 9.17) is 16.6 Å². The van der Waals surface area contributed by atoms with Crippen molar-refractivity contribution in [1.29, 1.82) is 0 Å². The molecule has 0 bridgehead atoms. The van der Waals surface area contributed by atoms with Crippen LogP contribution in [0.15, 0.2) is 0 Å². The van der Waals surface area contributed by atoms with Crippen molar-refractivity contribution in [2.45, 2.75) is 44.8 Å². The SMILES string of the molecule is CSCC[C@H](NC(=O)[C@H](CC(N)=O)NC(=O)[C@@H](N)C(C)C)C(=O)O. The third-order valence-corrected chi connectivity index (χ3v) is 3.93. The van der Waals surface area contributed by atoms with Crippen LogP contribution in [0.1, 0.15) is 26.7 Å². The molecule has 0 saturated heterocycles. The van der Waals surface area contributed by atoms with Crippen molar-refractivity contribution in [3.05, 3.63) is 0 Å². The van der Waals surface area contributed by atoms with Crippen LogP contribution in [-0.4, -0.2) is 58.9 Å². The summed E-state index contributed by atoms with van der Waals surface area (Å²) in [5.74, 6) is -3.03. The molecule has 0 aromatic heterocycles. The highest BCUT2D eigenvalue weighted by molar-refractivity contribution is 7.98. The number of amides is 3. The minimum atomic E-state index is -1.27. The predicted molar refractivity (Wildman–Crippen MR) is 91.1 cm³/mol. The average molecular weight is 362 g/mol. The maximum Gasteiger partial charge on any atom is 0.326 e. The van der Waals surface area contributed by atoms with Gasteiger partial charge in [0.1, 0.15) is 12.1 Å². The zero-order chi connectivity index (χ0) is 18.9. The van der Waals surface area contributed by atoms with E-state index in [9.17, 15) is 19.2 Å². The number of nitrogens with two attached hydrogens (primary N) is 2. The Bertz CT molecular complexity index is 472. The zero-order valence-electron chi connectivity index (χ0n) is 14.1. The van der Waals surface area contributed by atoms with E-state index in [-0.39, 0.29) is 12.3 Å². The van der Waals surface area contributed by atoms with Crippen LogP contribution in [0.2, 0.25) is 0 Å². The molecular formula is C14H26N4O5S. The van der Waals surface area contributed by atoms with Crippen molar-refractivity contribution in [2.75, 3.05) is 12.0 Å². The lowest BCUT2D eigenvalue weighted by Crippen LogP contribution is -2.56. The Hall–Kier alpha value is -1.81. The van der Waals surface area contributed by atoms with Gasteiger partial charge in [-0.15, -0.1) is 0 Å². The van der Waals surface area contributed by atoms with Gasteiger partial charge in [0.25, 0.3) is 0 Å². The van der Waals surface area contributed by atoms with Gasteiger partial charge in [0, 0.05) is 0 Å². The topological polar surface area (TPSA) is 165 Å². The minimum Gasteiger partial charge on any atom is -0.480 e. The summed E-state index contributed by atoms with van der Waals surface area (Å²) in [7, 11) is 0. The molecule has 0 saturated carbocycles. The number of rotatable bonds is 11. The Morgan fingerprint density at radius 3 is 2.04 bits per heavy atom. The molecule has 0 fully saturated rings. The van der Waals surface area contributed by atoms with Gasteiger partial charge in [-0.25, -0.2) is 4.79 Å². The van der Waals surface area contributed by atoms with Gasteiger partial charge in [0.05, 0.1) is 12.5 Å². The van der Waals surface area contributed by atoms with E-state index in [2.05, 4.69) is 10.6 Å². The molecule has 3 atom stereocenters. The van der Waals surface area contributed by atoms with Crippen molar-refractivity contribution in [3.8, 4) is 0 Å². The summed E-state index contributed by atoms with van der Waals surface area (Å²) in [6.07, 6.45) is 1.58. The second-order valence-corrected chi connectivity index (χ2v) is 6.67. The number of primary amides is 1. The van der Waals surface area contributed by atoms with Crippen molar-refractivity contribution in [2.24, 2.45) is 17.4 Å². The van der Waals surface area contributed by atoms with Crippen LogP contribution in [-0.2, 0) is 19.2 Å². The summed E-state index contributed by atoms with van der Waals surface area (Å²) in [5, 5.41) is 13.8. The summed E-state index contributed by atoms with van der Waals surface area (Å²) >= 11 is 1.44. The minimum absolute atomic E-state index is 0.171. The summed E-state index contributed by atoms with van der Waals surface area (Å²) in [5.41, 5.74) is 10.8. The van der Waals surface area contributed by atoms with E-state index in [1.165, 1.54) is 11.8 Å². The van der Waals surface area contributed by atoms with Crippen LogP contribution in [0.3, 0.4) is 0 Å². The number of hydrogen-bond donors (Lipinski definition) is 5. The number of hydrogen-bond acceptors (Lipinski definition) is 6. The molecular weight excluding hydrogens is 336 g/mol. The van der Waals surface area contributed by atoms with Crippen LogP contribution in [0.25, 0.3) is 0 Å². The van der Waals surface area contributed by atoms with Gasteiger partial charge in [-0.2, -0.15) is 11.8 Å². The van der Waals surface area contributed by atoms with Crippen molar-refractivity contribution < 1.29 is 24.3 Å². The lowest BCUT2D eigenvalue weighted by Gasteiger charge is -2.23. The highest BCUT2D eigenvalue weighted by Gasteiger charge is 2.29. The quantitative estimate of drug-likeness (QED) is 0.303. The molecule has 0 rings (SSSR count). The summed E-state index contributed by atoms with van der Waals surface area (Å²) < 4.78 is 0. The van der Waals surface area contributed by atoms with Crippen LogP contribution in [0.4, 0.5) is 0 Å². The first-order valence-electron chi connectivity index (χ1n) is 7.46. The first-order valence-corrected chi connectivity index (χ1v) is 8.85. The van der Waals surface area contributed by atoms with E-state index < -0.39 is 48.2 Å². The molecule has 0 aliphatic rings. The van der Waals surface area contributed by atoms with Crippen LogP contribution < -0.4 is 22.1 Å². The molecule has 9 nitrogen and oxygen atoms in total. The van der Waals surface area contributed by atoms with Gasteiger partial charge in [0.15, 0.2) is 0 Å². The third kappa shape index (κ3) is 8.16. The Balaban J connectivity index is 5.01. The smallest absolute Gasteiger partial charge is 0.326 e. The number of carbonyl (C=O) groups excluding carboxylic acids is 3. The van der Waals surface area contributed by atoms with E-state index >= 15 is 0 Å². The molecule has 0 aromatic rings. The van der Waals surface area contributed by atoms with Crippen LogP contribution in [0.5, 0.6) is 0 Å². The van der Waals surface area contributed by atoms with Crippen molar-refractivity contribution in [3.63, 3.8) is 0 Å². The molecule has 0 aliphatic heterocycles. The summed E-state index contributed by atoms with van der Waals surface area (Å²) in [4.78, 5) is 46.5. The number of carboxylic acids is 1. The Kier molecular flexibility index (Phi) is 10.0. The Labute approximate surface area is 145 Å². The molecule has 10 heteroatoms. The molecule has 0 aromatic carbocycles. The monoisotopic (exact) mass is 362 g/mol. The fourth-order valence-electron chi connectivity index (χ4n) is 1.75.